The van der Waals surface area contributed by atoms with Gasteiger partial charge < -0.3 is 5.32 Å². The maximum Gasteiger partial charge on any atom is 0.0195 e. The van der Waals surface area contributed by atoms with Gasteiger partial charge in [0.05, 0.1) is 0 Å². The van der Waals surface area contributed by atoms with Crippen LogP contribution in [0, 0.1) is 5.92 Å². The first-order valence-corrected chi connectivity index (χ1v) is 6.74. The molecule has 88 valence electrons. The Hall–Kier alpha value is -0.0800. The zero-order chi connectivity index (χ0) is 10.7. The largest absolute Gasteiger partial charge is 0.316 e. The lowest BCUT2D eigenvalue weighted by molar-refractivity contribution is 0.131. The van der Waals surface area contributed by atoms with Gasteiger partial charge in [0.1, 0.15) is 0 Å². The van der Waals surface area contributed by atoms with Crippen LogP contribution < -0.4 is 5.32 Å². The molecular weight excluding hydrogens is 184 g/mol. The van der Waals surface area contributed by atoms with Gasteiger partial charge >= 0.3 is 0 Å². The van der Waals surface area contributed by atoms with Gasteiger partial charge in [0.25, 0.3) is 0 Å². The highest BCUT2D eigenvalue weighted by Crippen LogP contribution is 2.32. The minimum atomic E-state index is 0.751. The number of piperidine rings is 1. The van der Waals surface area contributed by atoms with Crippen molar-refractivity contribution >= 4 is 0 Å². The van der Waals surface area contributed by atoms with Crippen molar-refractivity contribution in [2.24, 2.45) is 5.92 Å². The predicted octanol–water partition coefficient (Wildman–Crippen LogP) is 2.25. The van der Waals surface area contributed by atoms with Crippen LogP contribution in [0.3, 0.4) is 0 Å². The van der Waals surface area contributed by atoms with E-state index in [4.69, 9.17) is 0 Å². The van der Waals surface area contributed by atoms with E-state index >= 15 is 0 Å². The van der Waals surface area contributed by atoms with Crippen molar-refractivity contribution < 1.29 is 0 Å². The number of likely N-dealkylation sites (tertiary alicyclic amines) is 1. The third-order valence-corrected chi connectivity index (χ3v) is 4.00. The zero-order valence-electron chi connectivity index (χ0n) is 10.3. The van der Waals surface area contributed by atoms with Crippen molar-refractivity contribution in [1.82, 2.24) is 10.2 Å². The van der Waals surface area contributed by atoms with E-state index < -0.39 is 0 Å². The first-order valence-electron chi connectivity index (χ1n) is 6.74. The Morgan fingerprint density at radius 1 is 1.27 bits per heavy atom. The van der Waals surface area contributed by atoms with Gasteiger partial charge in [-0.3, -0.25) is 4.90 Å². The fourth-order valence-electron chi connectivity index (χ4n) is 2.89. The van der Waals surface area contributed by atoms with Crippen LogP contribution in [0.4, 0.5) is 0 Å². The molecule has 1 aliphatic carbocycles. The van der Waals surface area contributed by atoms with Crippen molar-refractivity contribution in [3.8, 4) is 0 Å². The van der Waals surface area contributed by atoms with Gasteiger partial charge in [0.15, 0.2) is 0 Å². The van der Waals surface area contributed by atoms with Crippen molar-refractivity contribution in [1.29, 1.82) is 0 Å². The summed E-state index contributed by atoms with van der Waals surface area (Å²) in [5, 5.41) is 3.48. The average Bonchev–Trinajstić information content (AvgIpc) is 3.09. The summed E-state index contributed by atoms with van der Waals surface area (Å²) >= 11 is 0. The molecule has 1 saturated heterocycles. The molecule has 0 spiro atoms. The van der Waals surface area contributed by atoms with Crippen LogP contribution >= 0.6 is 0 Å². The summed E-state index contributed by atoms with van der Waals surface area (Å²) in [7, 11) is 2.12. The lowest BCUT2D eigenvalue weighted by Gasteiger charge is -2.38. The lowest BCUT2D eigenvalue weighted by atomic mass is 9.90. The second-order valence-electron chi connectivity index (χ2n) is 5.41. The molecule has 2 heteroatoms. The molecule has 0 aromatic heterocycles. The molecule has 2 aliphatic rings. The van der Waals surface area contributed by atoms with E-state index in [1.807, 2.05) is 0 Å². The van der Waals surface area contributed by atoms with Crippen molar-refractivity contribution in [3.05, 3.63) is 0 Å². The highest BCUT2D eigenvalue weighted by molar-refractivity contribution is 4.91. The molecule has 0 amide bonds. The molecule has 1 heterocycles. The Labute approximate surface area is 94.4 Å². The van der Waals surface area contributed by atoms with Crippen LogP contribution in [-0.4, -0.2) is 37.1 Å². The Morgan fingerprint density at radius 3 is 2.67 bits per heavy atom. The molecule has 0 bridgehead atoms. The minimum Gasteiger partial charge on any atom is -0.316 e. The second kappa shape index (κ2) is 5.31. The summed E-state index contributed by atoms with van der Waals surface area (Å²) in [5.74, 6) is 0.955. The van der Waals surface area contributed by atoms with E-state index in [0.29, 0.717) is 0 Å². The fraction of sp³-hybridized carbons (Fsp3) is 1.00. The quantitative estimate of drug-likeness (QED) is 0.749. The molecule has 2 atom stereocenters. The molecule has 2 unspecified atom stereocenters. The van der Waals surface area contributed by atoms with Gasteiger partial charge in [-0.2, -0.15) is 0 Å². The first kappa shape index (κ1) is 11.4. The SMILES string of the molecule is CCCCC1CC(NC)CN(C2CC2)C1. The number of nitrogens with one attached hydrogen (secondary N) is 1. The van der Waals surface area contributed by atoms with Gasteiger partial charge in [-0.1, -0.05) is 19.8 Å². The third-order valence-electron chi connectivity index (χ3n) is 4.00. The number of hydrogen-bond acceptors (Lipinski definition) is 2. The van der Waals surface area contributed by atoms with Crippen LogP contribution in [0.2, 0.25) is 0 Å². The van der Waals surface area contributed by atoms with E-state index in [0.717, 1.165) is 18.0 Å². The summed E-state index contributed by atoms with van der Waals surface area (Å²) in [6.07, 6.45) is 8.52. The third kappa shape index (κ3) is 3.18. The molecule has 1 saturated carbocycles. The van der Waals surface area contributed by atoms with Gasteiger partial charge in [0.2, 0.25) is 0 Å². The number of rotatable bonds is 5. The maximum absolute atomic E-state index is 3.48. The topological polar surface area (TPSA) is 15.3 Å². The molecule has 2 fully saturated rings. The molecule has 0 aromatic rings. The Balaban J connectivity index is 1.82. The number of nitrogens with zero attached hydrogens (tertiary/aromatic N) is 1. The molecule has 2 rings (SSSR count). The van der Waals surface area contributed by atoms with Crippen LogP contribution in [0.25, 0.3) is 0 Å². The predicted molar refractivity (Wildman–Crippen MR) is 65.1 cm³/mol. The number of unbranched alkanes of at least 4 members (excludes halogenated alkanes) is 1. The fourth-order valence-corrected chi connectivity index (χ4v) is 2.89. The Morgan fingerprint density at radius 2 is 2.07 bits per heavy atom. The van der Waals surface area contributed by atoms with E-state index in [2.05, 4.69) is 24.2 Å². The minimum absolute atomic E-state index is 0.751. The van der Waals surface area contributed by atoms with Gasteiger partial charge in [0, 0.05) is 25.2 Å². The van der Waals surface area contributed by atoms with Gasteiger partial charge in [-0.15, -0.1) is 0 Å². The summed E-state index contributed by atoms with van der Waals surface area (Å²) in [6, 6.07) is 1.70. The molecule has 15 heavy (non-hydrogen) atoms. The lowest BCUT2D eigenvalue weighted by Crippen LogP contribution is -2.49. The summed E-state index contributed by atoms with van der Waals surface area (Å²) in [6.45, 7) is 4.98. The molecule has 0 aromatic carbocycles. The Bertz CT molecular complexity index is 189. The van der Waals surface area contributed by atoms with Crippen molar-refractivity contribution in [2.45, 2.75) is 57.5 Å². The summed E-state index contributed by atoms with van der Waals surface area (Å²) < 4.78 is 0. The van der Waals surface area contributed by atoms with Crippen LogP contribution in [0.15, 0.2) is 0 Å². The average molecular weight is 210 g/mol. The number of likely N-dealkylation sites (N-methyl/N-ethyl adjacent to an activating group) is 1. The van der Waals surface area contributed by atoms with Crippen LogP contribution in [-0.2, 0) is 0 Å². The van der Waals surface area contributed by atoms with Gasteiger partial charge in [-0.25, -0.2) is 0 Å². The zero-order valence-corrected chi connectivity index (χ0v) is 10.3. The van der Waals surface area contributed by atoms with E-state index in [1.54, 1.807) is 0 Å². The standard InChI is InChI=1S/C13H26N2/c1-3-4-5-11-8-12(14-2)10-15(9-11)13-6-7-13/h11-14H,3-10H2,1-2H3. The second-order valence-corrected chi connectivity index (χ2v) is 5.41. The summed E-state index contributed by atoms with van der Waals surface area (Å²) in [5.41, 5.74) is 0. The van der Waals surface area contributed by atoms with Crippen molar-refractivity contribution in [2.75, 3.05) is 20.1 Å². The molecule has 0 radical (unpaired) electrons. The maximum atomic E-state index is 3.48. The normalized spacial score (nSPS) is 33.2. The monoisotopic (exact) mass is 210 g/mol. The van der Waals surface area contributed by atoms with Gasteiger partial charge in [-0.05, 0) is 38.6 Å². The number of hydrogen-bond donors (Lipinski definition) is 1. The molecular formula is C13H26N2. The van der Waals surface area contributed by atoms with E-state index in [-0.39, 0.29) is 0 Å². The molecule has 1 aliphatic heterocycles. The molecule has 2 nitrogen and oxygen atoms in total. The highest BCUT2D eigenvalue weighted by Gasteiger charge is 2.35. The highest BCUT2D eigenvalue weighted by atomic mass is 15.2. The first-order chi connectivity index (χ1) is 7.33. The van der Waals surface area contributed by atoms with Crippen molar-refractivity contribution in [3.63, 3.8) is 0 Å². The molecule has 1 N–H and O–H groups in total. The Kier molecular flexibility index (Phi) is 4.04. The van der Waals surface area contributed by atoms with E-state index in [9.17, 15) is 0 Å². The smallest absolute Gasteiger partial charge is 0.0195 e. The van der Waals surface area contributed by atoms with Crippen LogP contribution in [0.5, 0.6) is 0 Å². The van der Waals surface area contributed by atoms with E-state index in [1.165, 1.54) is 51.6 Å². The van der Waals surface area contributed by atoms with Crippen LogP contribution in [0.1, 0.15) is 45.4 Å². The summed E-state index contributed by atoms with van der Waals surface area (Å²) in [4.78, 5) is 2.74.